The standard InChI is InChI=1S/C12H25NO2/c1-6-12(5,13(7-2)8-3)10-11(14)15-9-4/h6-10H2,1-5H3/t12-/m1/s1. The minimum atomic E-state index is -0.0891. The van der Waals surface area contributed by atoms with Crippen LogP contribution in [0.5, 0.6) is 0 Å². The molecule has 0 bridgehead atoms. The van der Waals surface area contributed by atoms with Crippen LogP contribution in [0.25, 0.3) is 0 Å². The maximum Gasteiger partial charge on any atom is 0.307 e. The fraction of sp³-hybridized carbons (Fsp3) is 0.917. The first kappa shape index (κ1) is 14.4. The van der Waals surface area contributed by atoms with Crippen molar-refractivity contribution in [3.05, 3.63) is 0 Å². The predicted octanol–water partition coefficient (Wildman–Crippen LogP) is 2.45. The largest absolute Gasteiger partial charge is 0.466 e. The highest BCUT2D eigenvalue weighted by Gasteiger charge is 2.31. The van der Waals surface area contributed by atoms with Gasteiger partial charge in [0.15, 0.2) is 0 Å². The third-order valence-electron chi connectivity index (χ3n) is 3.12. The average Bonchev–Trinajstić information content (AvgIpc) is 2.19. The van der Waals surface area contributed by atoms with Crippen LogP contribution in [0.1, 0.15) is 47.5 Å². The Kier molecular flexibility index (Phi) is 6.57. The van der Waals surface area contributed by atoms with Crippen molar-refractivity contribution in [2.45, 2.75) is 53.0 Å². The van der Waals surface area contributed by atoms with Crippen LogP contribution in [0.15, 0.2) is 0 Å². The molecule has 0 rings (SSSR count). The number of ether oxygens (including phenoxy) is 1. The van der Waals surface area contributed by atoms with E-state index in [2.05, 4.69) is 32.6 Å². The van der Waals surface area contributed by atoms with Gasteiger partial charge in [0.25, 0.3) is 0 Å². The zero-order valence-electron chi connectivity index (χ0n) is 10.8. The van der Waals surface area contributed by atoms with Crippen molar-refractivity contribution in [3.8, 4) is 0 Å². The van der Waals surface area contributed by atoms with Gasteiger partial charge in [-0.15, -0.1) is 0 Å². The van der Waals surface area contributed by atoms with Gasteiger partial charge in [-0.2, -0.15) is 0 Å². The Morgan fingerprint density at radius 2 is 1.73 bits per heavy atom. The van der Waals surface area contributed by atoms with Crippen molar-refractivity contribution in [1.29, 1.82) is 0 Å². The highest BCUT2D eigenvalue weighted by Crippen LogP contribution is 2.23. The Labute approximate surface area is 93.8 Å². The second-order valence-electron chi connectivity index (χ2n) is 4.00. The van der Waals surface area contributed by atoms with Crippen LogP contribution in [0.4, 0.5) is 0 Å². The topological polar surface area (TPSA) is 29.5 Å². The van der Waals surface area contributed by atoms with E-state index >= 15 is 0 Å². The smallest absolute Gasteiger partial charge is 0.307 e. The fourth-order valence-electron chi connectivity index (χ4n) is 1.97. The van der Waals surface area contributed by atoms with E-state index < -0.39 is 0 Å². The lowest BCUT2D eigenvalue weighted by Gasteiger charge is -2.39. The molecule has 0 aromatic heterocycles. The number of carbonyl (C=O) groups is 1. The highest BCUT2D eigenvalue weighted by atomic mass is 16.5. The van der Waals surface area contributed by atoms with Crippen LogP contribution in [0.3, 0.4) is 0 Å². The Hall–Kier alpha value is -0.570. The first-order valence-corrected chi connectivity index (χ1v) is 5.94. The Morgan fingerprint density at radius 3 is 2.07 bits per heavy atom. The summed E-state index contributed by atoms with van der Waals surface area (Å²) >= 11 is 0. The van der Waals surface area contributed by atoms with Crippen molar-refractivity contribution < 1.29 is 9.53 Å². The number of carbonyl (C=O) groups excluding carboxylic acids is 1. The molecule has 0 saturated carbocycles. The third-order valence-corrected chi connectivity index (χ3v) is 3.12. The van der Waals surface area contributed by atoms with Gasteiger partial charge in [0, 0.05) is 5.54 Å². The second kappa shape index (κ2) is 6.83. The van der Waals surface area contributed by atoms with E-state index in [1.54, 1.807) is 0 Å². The molecule has 3 nitrogen and oxygen atoms in total. The minimum absolute atomic E-state index is 0.0598. The summed E-state index contributed by atoms with van der Waals surface area (Å²) in [4.78, 5) is 13.8. The maximum absolute atomic E-state index is 11.5. The Balaban J connectivity index is 4.47. The molecule has 0 amide bonds. The molecule has 0 radical (unpaired) electrons. The van der Waals surface area contributed by atoms with Gasteiger partial charge in [-0.25, -0.2) is 0 Å². The summed E-state index contributed by atoms with van der Waals surface area (Å²) in [6, 6.07) is 0. The predicted molar refractivity (Wildman–Crippen MR) is 62.9 cm³/mol. The van der Waals surface area contributed by atoms with Crippen LogP contribution in [-0.2, 0) is 9.53 Å². The molecule has 0 aliphatic heterocycles. The first-order chi connectivity index (χ1) is 7.03. The SMILES string of the molecule is CCOC(=O)C[C@@](C)(CC)N(CC)CC. The van der Waals surface area contributed by atoms with Gasteiger partial charge in [0.2, 0.25) is 0 Å². The zero-order valence-corrected chi connectivity index (χ0v) is 10.8. The molecule has 1 atom stereocenters. The van der Waals surface area contributed by atoms with E-state index in [0.717, 1.165) is 19.5 Å². The van der Waals surface area contributed by atoms with Crippen molar-refractivity contribution in [2.75, 3.05) is 19.7 Å². The van der Waals surface area contributed by atoms with Crippen LogP contribution in [-0.4, -0.2) is 36.1 Å². The van der Waals surface area contributed by atoms with Crippen LogP contribution in [0.2, 0.25) is 0 Å². The molecule has 0 heterocycles. The van der Waals surface area contributed by atoms with Crippen LogP contribution >= 0.6 is 0 Å². The van der Waals surface area contributed by atoms with E-state index in [4.69, 9.17) is 4.74 Å². The summed E-state index contributed by atoms with van der Waals surface area (Å²) in [5.41, 5.74) is -0.0598. The molecule has 3 heteroatoms. The van der Waals surface area contributed by atoms with Gasteiger partial charge in [0.1, 0.15) is 0 Å². The van der Waals surface area contributed by atoms with E-state index in [0.29, 0.717) is 13.0 Å². The molecule has 0 unspecified atom stereocenters. The van der Waals surface area contributed by atoms with Gasteiger partial charge >= 0.3 is 5.97 Å². The van der Waals surface area contributed by atoms with Gasteiger partial charge < -0.3 is 4.74 Å². The molecule has 0 fully saturated rings. The highest BCUT2D eigenvalue weighted by molar-refractivity contribution is 5.70. The normalized spacial score (nSPS) is 15.1. The monoisotopic (exact) mass is 215 g/mol. The number of rotatable bonds is 7. The number of hydrogen-bond acceptors (Lipinski definition) is 3. The lowest BCUT2D eigenvalue weighted by atomic mass is 9.92. The van der Waals surface area contributed by atoms with E-state index in [9.17, 15) is 4.79 Å². The van der Waals surface area contributed by atoms with Crippen molar-refractivity contribution in [2.24, 2.45) is 0 Å². The summed E-state index contributed by atoms with van der Waals surface area (Å²) in [6.45, 7) is 12.8. The molecular weight excluding hydrogens is 190 g/mol. The molecule has 0 aliphatic rings. The lowest BCUT2D eigenvalue weighted by Crippen LogP contribution is -2.47. The van der Waals surface area contributed by atoms with E-state index in [1.807, 2.05) is 6.92 Å². The van der Waals surface area contributed by atoms with Crippen molar-refractivity contribution in [3.63, 3.8) is 0 Å². The molecule has 0 aromatic carbocycles. The maximum atomic E-state index is 11.5. The van der Waals surface area contributed by atoms with Gasteiger partial charge in [0.05, 0.1) is 13.0 Å². The summed E-state index contributed by atoms with van der Waals surface area (Å²) < 4.78 is 5.01. The molecule has 0 aliphatic carbocycles. The number of esters is 1. The summed E-state index contributed by atoms with van der Waals surface area (Å²) in [7, 11) is 0. The molecule has 0 N–H and O–H groups in total. The lowest BCUT2D eigenvalue weighted by molar-refractivity contribution is -0.146. The second-order valence-corrected chi connectivity index (χ2v) is 4.00. The van der Waals surface area contributed by atoms with Crippen molar-refractivity contribution in [1.82, 2.24) is 4.90 Å². The van der Waals surface area contributed by atoms with Crippen LogP contribution in [0, 0.1) is 0 Å². The minimum Gasteiger partial charge on any atom is -0.466 e. The number of nitrogens with zero attached hydrogens (tertiary/aromatic N) is 1. The van der Waals surface area contributed by atoms with Crippen LogP contribution < -0.4 is 0 Å². The molecular formula is C12H25NO2. The molecule has 0 saturated heterocycles. The van der Waals surface area contributed by atoms with Gasteiger partial charge in [-0.05, 0) is 33.4 Å². The van der Waals surface area contributed by atoms with Gasteiger partial charge in [-0.3, -0.25) is 9.69 Å². The summed E-state index contributed by atoms with van der Waals surface area (Å²) in [6.07, 6.45) is 1.45. The summed E-state index contributed by atoms with van der Waals surface area (Å²) in [5.74, 6) is -0.0891. The first-order valence-electron chi connectivity index (χ1n) is 5.94. The average molecular weight is 215 g/mol. The Morgan fingerprint density at radius 1 is 1.20 bits per heavy atom. The molecule has 0 spiro atoms. The molecule has 15 heavy (non-hydrogen) atoms. The van der Waals surface area contributed by atoms with Gasteiger partial charge in [-0.1, -0.05) is 20.8 Å². The quantitative estimate of drug-likeness (QED) is 0.611. The van der Waals surface area contributed by atoms with Crippen molar-refractivity contribution >= 4 is 5.97 Å². The number of hydrogen-bond donors (Lipinski definition) is 0. The van der Waals surface area contributed by atoms with E-state index in [-0.39, 0.29) is 11.5 Å². The fourth-order valence-corrected chi connectivity index (χ4v) is 1.97. The van der Waals surface area contributed by atoms with E-state index in [1.165, 1.54) is 0 Å². The molecule has 0 aromatic rings. The Bertz CT molecular complexity index is 190. The summed E-state index contributed by atoms with van der Waals surface area (Å²) in [5, 5.41) is 0. The molecule has 90 valence electrons. The third kappa shape index (κ3) is 4.20. The zero-order chi connectivity index (χ0) is 11.9.